The van der Waals surface area contributed by atoms with Crippen LogP contribution in [0.2, 0.25) is 0 Å². The third-order valence-corrected chi connectivity index (χ3v) is 6.51. The van der Waals surface area contributed by atoms with Gasteiger partial charge in [0.05, 0.1) is 35.1 Å². The number of hydrogen-bond donors (Lipinski definition) is 2. The van der Waals surface area contributed by atoms with E-state index in [0.717, 1.165) is 58.3 Å². The van der Waals surface area contributed by atoms with Crippen molar-refractivity contribution in [1.82, 2.24) is 14.5 Å². The molecule has 3 N–H and O–H groups in total. The summed E-state index contributed by atoms with van der Waals surface area (Å²) in [7, 11) is 1.69. The first-order valence-electron chi connectivity index (χ1n) is 10.9. The van der Waals surface area contributed by atoms with Gasteiger partial charge in [-0.15, -0.1) is 0 Å². The molecule has 1 aliphatic rings. The van der Waals surface area contributed by atoms with Crippen LogP contribution < -0.4 is 11.3 Å². The predicted octanol–water partition coefficient (Wildman–Crippen LogP) is 3.09. The molecule has 0 radical (unpaired) electrons. The van der Waals surface area contributed by atoms with Crippen LogP contribution in [0.5, 0.6) is 0 Å². The van der Waals surface area contributed by atoms with Crippen molar-refractivity contribution in [2.24, 2.45) is 10.7 Å². The third-order valence-electron chi connectivity index (χ3n) is 6.51. The maximum atomic E-state index is 13.3. The zero-order valence-electron chi connectivity index (χ0n) is 18.7. The smallest absolute Gasteiger partial charge is 0.261 e. The molecule has 4 rings (SSSR count). The van der Waals surface area contributed by atoms with Crippen LogP contribution in [0, 0.1) is 13.8 Å². The maximum absolute atomic E-state index is 13.3. The number of aromatic nitrogens is 3. The van der Waals surface area contributed by atoms with E-state index in [9.17, 15) is 9.90 Å². The normalized spacial score (nSPS) is 19.3. The van der Waals surface area contributed by atoms with Crippen LogP contribution >= 0.6 is 0 Å². The summed E-state index contributed by atoms with van der Waals surface area (Å²) in [6, 6.07) is 5.70. The lowest BCUT2D eigenvalue weighted by Gasteiger charge is -2.19. The lowest BCUT2D eigenvalue weighted by atomic mass is 9.95. The fraction of sp³-hybridized carbons (Fsp3) is 0.360. The molecule has 0 amide bonds. The van der Waals surface area contributed by atoms with Crippen LogP contribution in [-0.4, -0.2) is 39.0 Å². The van der Waals surface area contributed by atoms with Crippen LogP contribution in [0.4, 0.5) is 0 Å². The number of aliphatic imine (C=N–C) groups is 1. The van der Waals surface area contributed by atoms with E-state index in [2.05, 4.69) is 21.9 Å². The summed E-state index contributed by atoms with van der Waals surface area (Å²) in [5.74, 6) is 0. The summed E-state index contributed by atoms with van der Waals surface area (Å²) in [4.78, 5) is 26.4. The van der Waals surface area contributed by atoms with Crippen LogP contribution in [0.1, 0.15) is 53.3 Å². The first kappa shape index (κ1) is 21.9. The number of hydrogen-bond acceptors (Lipinski definition) is 6. The lowest BCUT2D eigenvalue weighted by Crippen LogP contribution is -2.29. The van der Waals surface area contributed by atoms with E-state index >= 15 is 0 Å². The van der Waals surface area contributed by atoms with Gasteiger partial charge in [0, 0.05) is 31.2 Å². The highest BCUT2D eigenvalue weighted by atomic mass is 16.3. The Hall–Kier alpha value is -3.32. The number of allylic oxidation sites excluding steroid dienone is 1. The quantitative estimate of drug-likeness (QED) is 0.604. The van der Waals surface area contributed by atoms with E-state index in [0.29, 0.717) is 11.8 Å². The van der Waals surface area contributed by atoms with Crippen LogP contribution in [0.15, 0.2) is 46.7 Å². The number of nitrogens with two attached hydrogens (primary N) is 1. The van der Waals surface area contributed by atoms with Gasteiger partial charge in [-0.1, -0.05) is 6.07 Å². The van der Waals surface area contributed by atoms with Crippen molar-refractivity contribution in [3.63, 3.8) is 0 Å². The molecule has 7 nitrogen and oxygen atoms in total. The molecule has 1 aliphatic carbocycles. The van der Waals surface area contributed by atoms with Crippen molar-refractivity contribution < 1.29 is 5.11 Å². The molecule has 0 unspecified atom stereocenters. The summed E-state index contributed by atoms with van der Waals surface area (Å²) in [5.41, 5.74) is 12.1. The van der Waals surface area contributed by atoms with Crippen molar-refractivity contribution in [2.45, 2.75) is 51.7 Å². The Balaban J connectivity index is 1.72. The SMILES string of the molecule is CN=CC(=CN)c1ccc(Cc2cc3c(=O)n([C@H]4CCC[C@@H]4O)cnc3c(C)c2C)cn1. The van der Waals surface area contributed by atoms with Gasteiger partial charge in [0.25, 0.3) is 5.56 Å². The molecule has 1 aromatic carbocycles. The molecule has 1 fully saturated rings. The van der Waals surface area contributed by atoms with Crippen molar-refractivity contribution in [1.29, 1.82) is 0 Å². The monoisotopic (exact) mass is 431 g/mol. The lowest BCUT2D eigenvalue weighted by molar-refractivity contribution is 0.134. The van der Waals surface area contributed by atoms with Gasteiger partial charge < -0.3 is 10.8 Å². The van der Waals surface area contributed by atoms with Crippen molar-refractivity contribution in [3.05, 3.63) is 75.2 Å². The highest BCUT2D eigenvalue weighted by Gasteiger charge is 2.28. The van der Waals surface area contributed by atoms with Crippen LogP contribution in [0.3, 0.4) is 0 Å². The van der Waals surface area contributed by atoms with E-state index in [1.807, 2.05) is 31.3 Å². The highest BCUT2D eigenvalue weighted by molar-refractivity contribution is 6.08. The molecule has 0 saturated heterocycles. The molecule has 0 bridgehead atoms. The highest BCUT2D eigenvalue weighted by Crippen LogP contribution is 2.30. The first-order chi connectivity index (χ1) is 15.4. The molecular weight excluding hydrogens is 402 g/mol. The van der Waals surface area contributed by atoms with Gasteiger partial charge >= 0.3 is 0 Å². The topological polar surface area (TPSA) is 106 Å². The molecule has 3 aromatic rings. The van der Waals surface area contributed by atoms with E-state index in [1.165, 1.54) is 6.20 Å². The van der Waals surface area contributed by atoms with E-state index in [-0.39, 0.29) is 11.6 Å². The molecule has 7 heteroatoms. The second kappa shape index (κ2) is 9.04. The number of aryl methyl sites for hydroxylation is 1. The number of fused-ring (bicyclic) bond motifs is 1. The minimum absolute atomic E-state index is 0.0876. The van der Waals surface area contributed by atoms with Gasteiger partial charge in [-0.2, -0.15) is 0 Å². The molecule has 1 saturated carbocycles. The molecular formula is C25H29N5O2. The largest absolute Gasteiger partial charge is 0.404 e. The van der Waals surface area contributed by atoms with Gasteiger partial charge in [0.2, 0.25) is 0 Å². The average molecular weight is 432 g/mol. The number of rotatable bonds is 5. The minimum Gasteiger partial charge on any atom is -0.404 e. The average Bonchev–Trinajstić information content (AvgIpc) is 3.22. The van der Waals surface area contributed by atoms with Crippen molar-refractivity contribution >= 4 is 22.7 Å². The van der Waals surface area contributed by atoms with E-state index in [4.69, 9.17) is 5.73 Å². The summed E-state index contributed by atoms with van der Waals surface area (Å²) in [6.07, 6.45) is 9.20. The van der Waals surface area contributed by atoms with Crippen molar-refractivity contribution in [2.75, 3.05) is 7.05 Å². The summed E-state index contributed by atoms with van der Waals surface area (Å²) in [6.45, 7) is 4.07. The Morgan fingerprint density at radius 3 is 2.72 bits per heavy atom. The third kappa shape index (κ3) is 3.96. The predicted molar refractivity (Wildman–Crippen MR) is 128 cm³/mol. The molecule has 2 heterocycles. The summed E-state index contributed by atoms with van der Waals surface area (Å²) >= 11 is 0. The van der Waals surface area contributed by atoms with Gasteiger partial charge in [-0.3, -0.25) is 19.3 Å². The van der Waals surface area contributed by atoms with Gasteiger partial charge in [-0.25, -0.2) is 4.98 Å². The molecule has 166 valence electrons. The number of aliphatic hydroxyl groups excluding tert-OH is 1. The zero-order valence-corrected chi connectivity index (χ0v) is 18.7. The Morgan fingerprint density at radius 2 is 2.09 bits per heavy atom. The maximum Gasteiger partial charge on any atom is 0.261 e. The second-order valence-corrected chi connectivity index (χ2v) is 8.44. The molecule has 32 heavy (non-hydrogen) atoms. The first-order valence-corrected chi connectivity index (χ1v) is 10.9. The number of aliphatic hydroxyl groups is 1. The molecule has 2 aromatic heterocycles. The van der Waals surface area contributed by atoms with Crippen LogP contribution in [-0.2, 0) is 6.42 Å². The molecule has 2 atom stereocenters. The fourth-order valence-corrected chi connectivity index (χ4v) is 4.53. The van der Waals surface area contributed by atoms with E-state index in [1.54, 1.807) is 24.2 Å². The number of pyridine rings is 1. The van der Waals surface area contributed by atoms with Gasteiger partial charge in [-0.05, 0) is 73.9 Å². The second-order valence-electron chi connectivity index (χ2n) is 8.44. The Bertz CT molecular complexity index is 1260. The summed E-state index contributed by atoms with van der Waals surface area (Å²) in [5, 5.41) is 10.9. The standard InChI is InChI=1S/C25H29N5O2/c1-15-16(2)24-20(25(32)30(14-29-24)22-5-4-6-23(22)31)10-18(15)9-17-7-8-21(28-12-17)19(11-26)13-27-3/h7-8,10-14,22-23,31H,4-6,9,26H2,1-3H3/t22-,23-/m0/s1. The van der Waals surface area contributed by atoms with E-state index < -0.39 is 6.10 Å². The van der Waals surface area contributed by atoms with Gasteiger partial charge in [0.1, 0.15) is 0 Å². The number of nitrogens with zero attached hydrogens (tertiary/aromatic N) is 4. The minimum atomic E-state index is -0.493. The van der Waals surface area contributed by atoms with Gasteiger partial charge in [0.15, 0.2) is 0 Å². The zero-order chi connectivity index (χ0) is 22.8. The Morgan fingerprint density at radius 1 is 1.28 bits per heavy atom. The summed E-state index contributed by atoms with van der Waals surface area (Å²) < 4.78 is 1.62. The number of benzene rings is 1. The molecule has 0 aliphatic heterocycles. The Labute approximate surface area is 187 Å². The fourth-order valence-electron chi connectivity index (χ4n) is 4.53. The van der Waals surface area contributed by atoms with Crippen LogP contribution in [0.25, 0.3) is 16.5 Å². The molecule has 0 spiro atoms. The Kier molecular flexibility index (Phi) is 6.19. The van der Waals surface area contributed by atoms with Crippen molar-refractivity contribution in [3.8, 4) is 0 Å².